The fourth-order valence-electron chi connectivity index (χ4n) is 3.33. The summed E-state index contributed by atoms with van der Waals surface area (Å²) in [5.41, 5.74) is 7.77. The van der Waals surface area contributed by atoms with Gasteiger partial charge in [-0.3, -0.25) is 4.68 Å². The van der Waals surface area contributed by atoms with Crippen LogP contribution in [0.1, 0.15) is 11.1 Å². The van der Waals surface area contributed by atoms with Gasteiger partial charge in [0.25, 0.3) is 0 Å². The van der Waals surface area contributed by atoms with Crippen molar-refractivity contribution in [2.24, 2.45) is 7.05 Å². The van der Waals surface area contributed by atoms with Crippen molar-refractivity contribution >= 4 is 22.8 Å². The lowest BCUT2D eigenvalue weighted by molar-refractivity contribution is -0.137. The van der Waals surface area contributed by atoms with E-state index in [2.05, 4.69) is 20.4 Å². The summed E-state index contributed by atoms with van der Waals surface area (Å²) in [5, 5.41) is 7.97. The second kappa shape index (κ2) is 8.37. The van der Waals surface area contributed by atoms with Crippen LogP contribution >= 0.6 is 0 Å². The van der Waals surface area contributed by atoms with Crippen LogP contribution in [0.25, 0.3) is 22.3 Å². The molecule has 7 nitrogen and oxygen atoms in total. The fourth-order valence-corrected chi connectivity index (χ4v) is 3.33. The first kappa shape index (κ1) is 21.4. The summed E-state index contributed by atoms with van der Waals surface area (Å²) in [7, 11) is 3.28. The Morgan fingerprint density at radius 2 is 1.72 bits per heavy atom. The standard InChI is InChI=1S/C22H21F3N6O/c1-31-19(26)17-18(14-5-7-15(8-6-14)22(23,24)25)28-21(29-20(17)30-31)27-12-11-13-3-9-16(32-2)10-4-13/h3-10H,11-12,26H2,1-2H3,(H,27,29,30). The fraction of sp³-hybridized carbons (Fsp3) is 0.227. The van der Waals surface area contributed by atoms with Crippen LogP contribution in [-0.4, -0.2) is 33.4 Å². The van der Waals surface area contributed by atoms with Gasteiger partial charge >= 0.3 is 6.18 Å². The number of nitrogens with two attached hydrogens (primary N) is 1. The third kappa shape index (κ3) is 4.29. The number of anilines is 2. The van der Waals surface area contributed by atoms with E-state index in [-0.39, 0.29) is 0 Å². The van der Waals surface area contributed by atoms with Crippen LogP contribution in [-0.2, 0) is 19.6 Å². The molecule has 2 aromatic carbocycles. The Labute approximate surface area is 182 Å². The lowest BCUT2D eigenvalue weighted by Gasteiger charge is -2.10. The lowest BCUT2D eigenvalue weighted by Crippen LogP contribution is -2.09. The van der Waals surface area contributed by atoms with Crippen LogP contribution in [0, 0.1) is 0 Å². The van der Waals surface area contributed by atoms with Gasteiger partial charge in [-0.15, -0.1) is 0 Å². The van der Waals surface area contributed by atoms with E-state index in [0.29, 0.717) is 47.0 Å². The Hall–Kier alpha value is -3.82. The molecule has 0 aliphatic heterocycles. The maximum atomic E-state index is 13.0. The van der Waals surface area contributed by atoms with Crippen LogP contribution < -0.4 is 15.8 Å². The summed E-state index contributed by atoms with van der Waals surface area (Å²) in [6, 6.07) is 12.5. The Balaban J connectivity index is 1.63. The highest BCUT2D eigenvalue weighted by Gasteiger charge is 2.30. The third-order valence-corrected chi connectivity index (χ3v) is 5.08. The number of nitrogen functional groups attached to an aromatic ring is 1. The Morgan fingerprint density at radius 1 is 1.03 bits per heavy atom. The SMILES string of the molecule is COc1ccc(CCNc2nc(-c3ccc(C(F)(F)F)cc3)c3c(N)n(C)nc3n2)cc1. The predicted molar refractivity (Wildman–Crippen MR) is 116 cm³/mol. The van der Waals surface area contributed by atoms with Crippen LogP contribution in [0.5, 0.6) is 5.75 Å². The molecule has 0 atom stereocenters. The Kier molecular flexibility index (Phi) is 5.60. The van der Waals surface area contributed by atoms with Crippen molar-refractivity contribution in [3.05, 3.63) is 59.7 Å². The van der Waals surface area contributed by atoms with Crippen LogP contribution in [0.3, 0.4) is 0 Å². The number of hydrogen-bond acceptors (Lipinski definition) is 6. The topological polar surface area (TPSA) is 90.9 Å². The average Bonchev–Trinajstić information content (AvgIpc) is 3.06. The molecular weight excluding hydrogens is 421 g/mol. The van der Waals surface area contributed by atoms with Gasteiger partial charge in [-0.05, 0) is 36.2 Å². The molecule has 0 saturated carbocycles. The van der Waals surface area contributed by atoms with Gasteiger partial charge in [-0.25, -0.2) is 4.98 Å². The van der Waals surface area contributed by atoms with E-state index < -0.39 is 11.7 Å². The number of methoxy groups -OCH3 is 1. The maximum absolute atomic E-state index is 13.0. The summed E-state index contributed by atoms with van der Waals surface area (Å²) in [6.45, 7) is 0.548. The number of rotatable bonds is 6. The minimum Gasteiger partial charge on any atom is -0.497 e. The van der Waals surface area contributed by atoms with Crippen molar-refractivity contribution in [2.45, 2.75) is 12.6 Å². The van der Waals surface area contributed by atoms with Crippen LogP contribution in [0.2, 0.25) is 0 Å². The van der Waals surface area contributed by atoms with Crippen LogP contribution in [0.15, 0.2) is 48.5 Å². The highest BCUT2D eigenvalue weighted by molar-refractivity contribution is 5.98. The second-order valence-electron chi connectivity index (χ2n) is 7.20. The molecule has 0 amide bonds. The highest BCUT2D eigenvalue weighted by Crippen LogP contribution is 2.34. The number of aromatic nitrogens is 4. The average molecular weight is 442 g/mol. The summed E-state index contributed by atoms with van der Waals surface area (Å²) in [6.07, 6.45) is -3.70. The number of halogens is 3. The molecule has 10 heteroatoms. The minimum atomic E-state index is -4.42. The first-order chi connectivity index (χ1) is 15.3. The minimum absolute atomic E-state index is 0.319. The molecule has 4 aromatic rings. The molecule has 0 aliphatic carbocycles. The van der Waals surface area contributed by atoms with Gasteiger partial charge < -0.3 is 15.8 Å². The van der Waals surface area contributed by atoms with Crippen LogP contribution in [0.4, 0.5) is 24.9 Å². The molecule has 0 unspecified atom stereocenters. The number of alkyl halides is 3. The van der Waals surface area contributed by atoms with Gasteiger partial charge in [0, 0.05) is 19.2 Å². The Bertz CT molecular complexity index is 1230. The quantitative estimate of drug-likeness (QED) is 0.463. The van der Waals surface area contributed by atoms with Crippen molar-refractivity contribution < 1.29 is 17.9 Å². The van der Waals surface area contributed by atoms with E-state index >= 15 is 0 Å². The van der Waals surface area contributed by atoms with Gasteiger partial charge in [0.15, 0.2) is 5.65 Å². The molecule has 0 saturated heterocycles. The first-order valence-electron chi connectivity index (χ1n) is 9.81. The number of aryl methyl sites for hydroxylation is 1. The number of hydrogen-bond donors (Lipinski definition) is 2. The monoisotopic (exact) mass is 442 g/mol. The molecule has 2 aromatic heterocycles. The summed E-state index contributed by atoms with van der Waals surface area (Å²) >= 11 is 0. The van der Waals surface area contributed by atoms with E-state index in [0.717, 1.165) is 23.4 Å². The normalized spacial score (nSPS) is 11.7. The van der Waals surface area contributed by atoms with Crippen molar-refractivity contribution in [1.82, 2.24) is 19.7 Å². The first-order valence-corrected chi connectivity index (χ1v) is 9.81. The van der Waals surface area contributed by atoms with E-state index in [1.54, 1.807) is 14.2 Å². The molecule has 32 heavy (non-hydrogen) atoms. The van der Waals surface area contributed by atoms with E-state index in [4.69, 9.17) is 10.5 Å². The Morgan fingerprint density at radius 3 is 2.34 bits per heavy atom. The zero-order valence-corrected chi connectivity index (χ0v) is 17.4. The van der Waals surface area contributed by atoms with Crippen molar-refractivity contribution in [1.29, 1.82) is 0 Å². The molecule has 0 fully saturated rings. The van der Waals surface area contributed by atoms with Crippen molar-refractivity contribution in [2.75, 3.05) is 24.7 Å². The molecular formula is C22H21F3N6O. The van der Waals surface area contributed by atoms with E-state index in [1.165, 1.54) is 16.8 Å². The summed E-state index contributed by atoms with van der Waals surface area (Å²) in [5.74, 6) is 1.43. The third-order valence-electron chi connectivity index (χ3n) is 5.08. The molecule has 0 radical (unpaired) electrons. The summed E-state index contributed by atoms with van der Waals surface area (Å²) < 4.78 is 45.5. The zero-order valence-electron chi connectivity index (χ0n) is 17.4. The highest BCUT2D eigenvalue weighted by atomic mass is 19.4. The molecule has 0 bridgehead atoms. The van der Waals surface area contributed by atoms with E-state index in [9.17, 15) is 13.2 Å². The van der Waals surface area contributed by atoms with Gasteiger partial charge in [-0.1, -0.05) is 24.3 Å². The maximum Gasteiger partial charge on any atom is 0.416 e. The van der Waals surface area contributed by atoms with Crippen molar-refractivity contribution in [3.8, 4) is 17.0 Å². The van der Waals surface area contributed by atoms with Gasteiger partial charge in [0.1, 0.15) is 11.6 Å². The number of nitrogens with one attached hydrogen (secondary N) is 1. The van der Waals surface area contributed by atoms with E-state index in [1.807, 2.05) is 24.3 Å². The predicted octanol–water partition coefficient (Wildman–Crippen LogP) is 4.29. The largest absolute Gasteiger partial charge is 0.497 e. The molecule has 0 spiro atoms. The number of ether oxygens (including phenoxy) is 1. The molecule has 166 valence electrons. The van der Waals surface area contributed by atoms with Gasteiger partial charge in [0.05, 0.1) is 23.8 Å². The molecule has 4 rings (SSSR count). The smallest absolute Gasteiger partial charge is 0.416 e. The number of benzene rings is 2. The number of nitrogens with zero attached hydrogens (tertiary/aromatic N) is 4. The second-order valence-corrected chi connectivity index (χ2v) is 7.20. The molecule has 2 heterocycles. The van der Waals surface area contributed by atoms with Crippen molar-refractivity contribution in [3.63, 3.8) is 0 Å². The van der Waals surface area contributed by atoms with Gasteiger partial charge in [0.2, 0.25) is 5.95 Å². The molecule has 3 N–H and O–H groups in total. The molecule has 0 aliphatic rings. The lowest BCUT2D eigenvalue weighted by atomic mass is 10.1. The number of fused-ring (bicyclic) bond motifs is 1. The zero-order chi connectivity index (χ0) is 22.9. The van der Waals surface area contributed by atoms with Gasteiger partial charge in [-0.2, -0.15) is 23.3 Å². The summed E-state index contributed by atoms with van der Waals surface area (Å²) in [4.78, 5) is 8.96.